The van der Waals surface area contributed by atoms with Gasteiger partial charge in [-0.05, 0) is 12.8 Å². The van der Waals surface area contributed by atoms with Crippen LogP contribution < -0.4 is 10.9 Å². The van der Waals surface area contributed by atoms with E-state index in [1.807, 2.05) is 45.0 Å². The first-order valence-corrected chi connectivity index (χ1v) is 7.36. The molecule has 0 saturated heterocycles. The highest BCUT2D eigenvalue weighted by Crippen LogP contribution is 2.15. The average Bonchev–Trinajstić information content (AvgIpc) is 2.48. The Bertz CT molecular complexity index is 703. The minimum Gasteiger partial charge on any atom is -0.354 e. The Balaban J connectivity index is 2.11. The zero-order valence-electron chi connectivity index (χ0n) is 13.2. The van der Waals surface area contributed by atoms with Crippen molar-refractivity contribution in [3.63, 3.8) is 0 Å². The fraction of sp³-hybridized carbons (Fsp3) is 0.353. The van der Waals surface area contributed by atoms with Crippen LogP contribution in [0.2, 0.25) is 0 Å². The van der Waals surface area contributed by atoms with Gasteiger partial charge in [0.1, 0.15) is 6.54 Å². The van der Waals surface area contributed by atoms with Gasteiger partial charge in [-0.2, -0.15) is 0 Å². The molecule has 1 amide bonds. The van der Waals surface area contributed by atoms with Crippen molar-refractivity contribution in [1.82, 2.24) is 14.9 Å². The van der Waals surface area contributed by atoms with Gasteiger partial charge in [0.2, 0.25) is 5.91 Å². The van der Waals surface area contributed by atoms with Crippen molar-refractivity contribution in [2.75, 3.05) is 6.54 Å². The summed E-state index contributed by atoms with van der Waals surface area (Å²) in [5.41, 5.74) is 2.42. The van der Waals surface area contributed by atoms with Gasteiger partial charge in [0.25, 0.3) is 5.56 Å². The summed E-state index contributed by atoms with van der Waals surface area (Å²) >= 11 is 0. The van der Waals surface area contributed by atoms with Crippen molar-refractivity contribution in [2.24, 2.45) is 5.92 Å². The maximum absolute atomic E-state index is 12.1. The van der Waals surface area contributed by atoms with E-state index in [2.05, 4.69) is 10.3 Å². The smallest absolute Gasteiger partial charge is 0.254 e. The minimum atomic E-state index is -0.231. The predicted molar refractivity (Wildman–Crippen MR) is 86.5 cm³/mol. The third-order valence-corrected chi connectivity index (χ3v) is 3.25. The third kappa shape index (κ3) is 4.28. The van der Waals surface area contributed by atoms with E-state index in [1.165, 1.54) is 17.0 Å². The lowest BCUT2D eigenvalue weighted by molar-refractivity contribution is -0.121. The molecule has 5 heteroatoms. The number of carbonyl (C=O) groups excluding carboxylic acids is 1. The number of carbonyl (C=O) groups is 1. The molecule has 1 aromatic carbocycles. The number of hydrogen-bond donors (Lipinski definition) is 1. The molecular weight excluding hydrogens is 278 g/mol. The van der Waals surface area contributed by atoms with Crippen LogP contribution in [0.15, 0.2) is 41.5 Å². The predicted octanol–water partition coefficient (Wildman–Crippen LogP) is 1.99. The topological polar surface area (TPSA) is 64.0 Å². The van der Waals surface area contributed by atoms with E-state index in [9.17, 15) is 9.59 Å². The molecule has 0 aliphatic heterocycles. The Morgan fingerprint density at radius 3 is 2.55 bits per heavy atom. The van der Waals surface area contributed by atoms with E-state index in [0.29, 0.717) is 18.2 Å². The summed E-state index contributed by atoms with van der Waals surface area (Å²) in [4.78, 5) is 28.1. The molecule has 0 radical (unpaired) electrons. The van der Waals surface area contributed by atoms with Gasteiger partial charge in [0.15, 0.2) is 0 Å². The molecular formula is C17H21N3O2. The van der Waals surface area contributed by atoms with Crippen molar-refractivity contribution >= 4 is 5.91 Å². The van der Waals surface area contributed by atoms with Crippen LogP contribution in [0.25, 0.3) is 11.3 Å². The van der Waals surface area contributed by atoms with Crippen LogP contribution >= 0.6 is 0 Å². The summed E-state index contributed by atoms with van der Waals surface area (Å²) in [6.45, 7) is 6.63. The summed E-state index contributed by atoms with van der Waals surface area (Å²) < 4.78 is 1.31. The van der Waals surface area contributed by atoms with E-state index in [1.54, 1.807) is 0 Å². The molecule has 0 aliphatic carbocycles. The maximum Gasteiger partial charge on any atom is 0.254 e. The summed E-state index contributed by atoms with van der Waals surface area (Å²) in [5, 5.41) is 2.78. The van der Waals surface area contributed by atoms with Crippen LogP contribution in [-0.2, 0) is 11.3 Å². The van der Waals surface area contributed by atoms with E-state index in [4.69, 9.17) is 0 Å². The lowest BCUT2D eigenvalue weighted by atomic mass is 10.1. The lowest BCUT2D eigenvalue weighted by Gasteiger charge is -2.09. The zero-order chi connectivity index (χ0) is 16.1. The van der Waals surface area contributed by atoms with Crippen LogP contribution in [0, 0.1) is 12.8 Å². The molecule has 1 aromatic heterocycles. The largest absolute Gasteiger partial charge is 0.354 e. The maximum atomic E-state index is 12.1. The first-order valence-electron chi connectivity index (χ1n) is 7.36. The normalized spacial score (nSPS) is 10.7. The van der Waals surface area contributed by atoms with E-state index >= 15 is 0 Å². The molecule has 1 heterocycles. The van der Waals surface area contributed by atoms with Crippen molar-refractivity contribution in [2.45, 2.75) is 27.3 Å². The first kappa shape index (κ1) is 15.9. The SMILES string of the molecule is Cc1ccc(-c2cc(=O)n(CC(=O)NCC(C)C)cn2)cc1. The van der Waals surface area contributed by atoms with Gasteiger partial charge >= 0.3 is 0 Å². The van der Waals surface area contributed by atoms with E-state index < -0.39 is 0 Å². The van der Waals surface area contributed by atoms with Gasteiger partial charge < -0.3 is 5.32 Å². The highest BCUT2D eigenvalue weighted by molar-refractivity contribution is 5.75. The highest BCUT2D eigenvalue weighted by atomic mass is 16.2. The number of aromatic nitrogens is 2. The van der Waals surface area contributed by atoms with Gasteiger partial charge in [-0.15, -0.1) is 0 Å². The van der Waals surface area contributed by atoms with Gasteiger partial charge in [-0.1, -0.05) is 43.7 Å². The molecule has 2 rings (SSSR count). The Morgan fingerprint density at radius 2 is 1.95 bits per heavy atom. The molecule has 0 fully saturated rings. The number of rotatable bonds is 5. The zero-order valence-corrected chi connectivity index (χ0v) is 13.2. The molecule has 0 spiro atoms. The average molecular weight is 299 g/mol. The molecule has 116 valence electrons. The van der Waals surface area contributed by atoms with Crippen LogP contribution in [0.5, 0.6) is 0 Å². The highest BCUT2D eigenvalue weighted by Gasteiger charge is 2.07. The second kappa shape index (κ2) is 7.02. The molecule has 5 nitrogen and oxygen atoms in total. The van der Waals surface area contributed by atoms with Gasteiger partial charge in [0.05, 0.1) is 12.0 Å². The molecule has 0 saturated carbocycles. The number of hydrogen-bond acceptors (Lipinski definition) is 3. The number of aryl methyl sites for hydroxylation is 1. The second-order valence-corrected chi connectivity index (χ2v) is 5.80. The Kier molecular flexibility index (Phi) is 5.09. The van der Waals surface area contributed by atoms with Crippen LogP contribution in [0.3, 0.4) is 0 Å². The fourth-order valence-electron chi connectivity index (χ4n) is 1.96. The molecule has 22 heavy (non-hydrogen) atoms. The molecule has 1 N–H and O–H groups in total. The van der Waals surface area contributed by atoms with Gasteiger partial charge in [-0.25, -0.2) is 4.98 Å². The molecule has 0 atom stereocenters. The summed E-state index contributed by atoms with van der Waals surface area (Å²) in [7, 11) is 0. The number of amides is 1. The van der Waals surface area contributed by atoms with Crippen LogP contribution in [-0.4, -0.2) is 22.0 Å². The number of nitrogens with one attached hydrogen (secondary N) is 1. The first-order chi connectivity index (χ1) is 10.5. The minimum absolute atomic E-state index is 0.00721. The fourth-order valence-corrected chi connectivity index (χ4v) is 1.96. The lowest BCUT2D eigenvalue weighted by Crippen LogP contribution is -2.34. The quantitative estimate of drug-likeness (QED) is 0.918. The Hall–Kier alpha value is -2.43. The van der Waals surface area contributed by atoms with Gasteiger partial charge in [0, 0.05) is 18.2 Å². The Labute approximate surface area is 130 Å². The summed E-state index contributed by atoms with van der Waals surface area (Å²) in [5.74, 6) is 0.198. The monoisotopic (exact) mass is 299 g/mol. The third-order valence-electron chi connectivity index (χ3n) is 3.25. The van der Waals surface area contributed by atoms with Crippen molar-refractivity contribution < 1.29 is 4.79 Å². The second-order valence-electron chi connectivity index (χ2n) is 5.80. The van der Waals surface area contributed by atoms with Crippen LogP contribution in [0.1, 0.15) is 19.4 Å². The van der Waals surface area contributed by atoms with Crippen LogP contribution in [0.4, 0.5) is 0 Å². The van der Waals surface area contributed by atoms with Crippen molar-refractivity contribution in [3.8, 4) is 11.3 Å². The Morgan fingerprint density at radius 1 is 1.27 bits per heavy atom. The molecule has 0 unspecified atom stereocenters. The molecule has 0 bridgehead atoms. The van der Waals surface area contributed by atoms with Gasteiger partial charge in [-0.3, -0.25) is 14.2 Å². The van der Waals surface area contributed by atoms with Crippen molar-refractivity contribution in [3.05, 3.63) is 52.6 Å². The number of nitrogens with zero attached hydrogens (tertiary/aromatic N) is 2. The molecule has 0 aliphatic rings. The summed E-state index contributed by atoms with van der Waals surface area (Å²) in [6, 6.07) is 9.26. The number of benzene rings is 1. The van der Waals surface area contributed by atoms with E-state index in [0.717, 1.165) is 11.1 Å². The van der Waals surface area contributed by atoms with Crippen molar-refractivity contribution in [1.29, 1.82) is 0 Å². The standard InChI is InChI=1S/C17H21N3O2/c1-12(2)9-18-16(21)10-20-11-19-15(8-17(20)22)14-6-4-13(3)5-7-14/h4-8,11-12H,9-10H2,1-3H3,(H,18,21). The molecule has 2 aromatic rings. The van der Waals surface area contributed by atoms with E-state index in [-0.39, 0.29) is 18.0 Å². The summed E-state index contributed by atoms with van der Waals surface area (Å²) in [6.07, 6.45) is 1.42.